The monoisotopic (exact) mass is 398 g/mol. The summed E-state index contributed by atoms with van der Waals surface area (Å²) in [6, 6.07) is 7.08. The van der Waals surface area contributed by atoms with Gasteiger partial charge in [0.05, 0.1) is 6.10 Å². The maximum Gasteiger partial charge on any atom is 0.263 e. The highest BCUT2D eigenvalue weighted by molar-refractivity contribution is 5.94. The lowest BCUT2D eigenvalue weighted by Gasteiger charge is -2.28. The molecular formula is C22H30N4O3. The van der Waals surface area contributed by atoms with Gasteiger partial charge in [0.25, 0.3) is 11.8 Å². The van der Waals surface area contributed by atoms with E-state index in [0.29, 0.717) is 30.3 Å². The van der Waals surface area contributed by atoms with Gasteiger partial charge in [-0.2, -0.15) is 0 Å². The Morgan fingerprint density at radius 2 is 1.83 bits per heavy atom. The Morgan fingerprint density at radius 1 is 1.10 bits per heavy atom. The standard InChI is InChI=1S/C22H30N4O3/c1-17(2)28-16-6-11-24-21(27)18-7-9-19(10-8-18)29-22-20(23-12-13-25-22)26-14-4-3-5-15-26/h7-10,12-13,17H,3-6,11,14-16H2,1-2H3,(H,24,27). The van der Waals surface area contributed by atoms with Crippen molar-refractivity contribution < 1.29 is 14.3 Å². The van der Waals surface area contributed by atoms with Crippen LogP contribution in [0.4, 0.5) is 5.82 Å². The highest BCUT2D eigenvalue weighted by Gasteiger charge is 2.18. The summed E-state index contributed by atoms with van der Waals surface area (Å²) in [4.78, 5) is 23.3. The number of anilines is 1. The van der Waals surface area contributed by atoms with Crippen LogP contribution in [-0.4, -0.2) is 48.2 Å². The first-order valence-corrected chi connectivity index (χ1v) is 10.4. The summed E-state index contributed by atoms with van der Waals surface area (Å²) in [7, 11) is 0. The Bertz CT molecular complexity index is 774. The van der Waals surface area contributed by atoms with Gasteiger partial charge in [-0.1, -0.05) is 0 Å². The smallest absolute Gasteiger partial charge is 0.263 e. The molecule has 0 unspecified atom stereocenters. The van der Waals surface area contributed by atoms with Crippen LogP contribution in [0.25, 0.3) is 0 Å². The molecule has 2 aromatic rings. The van der Waals surface area contributed by atoms with Gasteiger partial charge in [0.1, 0.15) is 5.75 Å². The normalized spacial score (nSPS) is 14.1. The maximum atomic E-state index is 12.3. The summed E-state index contributed by atoms with van der Waals surface area (Å²) in [6.07, 6.45) is 7.89. The van der Waals surface area contributed by atoms with Crippen molar-refractivity contribution in [2.75, 3.05) is 31.1 Å². The summed E-state index contributed by atoms with van der Waals surface area (Å²) in [6.45, 7) is 7.16. The van der Waals surface area contributed by atoms with Crippen molar-refractivity contribution in [2.24, 2.45) is 0 Å². The molecule has 2 heterocycles. The fourth-order valence-electron chi connectivity index (χ4n) is 3.19. The van der Waals surface area contributed by atoms with E-state index in [9.17, 15) is 4.79 Å². The summed E-state index contributed by atoms with van der Waals surface area (Å²) < 4.78 is 11.4. The Hall–Kier alpha value is -2.67. The first-order chi connectivity index (χ1) is 14.1. The molecule has 1 N–H and O–H groups in total. The van der Waals surface area contributed by atoms with Crippen molar-refractivity contribution in [1.82, 2.24) is 15.3 Å². The number of amides is 1. The van der Waals surface area contributed by atoms with Crippen molar-refractivity contribution >= 4 is 11.7 Å². The van der Waals surface area contributed by atoms with Crippen LogP contribution in [-0.2, 0) is 4.74 Å². The minimum Gasteiger partial charge on any atom is -0.436 e. The molecular weight excluding hydrogens is 368 g/mol. The van der Waals surface area contributed by atoms with E-state index in [0.717, 1.165) is 38.2 Å². The first kappa shape index (κ1) is 21.0. The van der Waals surface area contributed by atoms with E-state index >= 15 is 0 Å². The number of benzene rings is 1. The van der Waals surface area contributed by atoms with E-state index in [-0.39, 0.29) is 12.0 Å². The van der Waals surface area contributed by atoms with E-state index in [4.69, 9.17) is 9.47 Å². The maximum absolute atomic E-state index is 12.3. The van der Waals surface area contributed by atoms with E-state index in [1.807, 2.05) is 13.8 Å². The predicted octanol–water partition coefficient (Wildman–Crippen LogP) is 3.80. The molecule has 1 saturated heterocycles. The average molecular weight is 399 g/mol. The fraction of sp³-hybridized carbons (Fsp3) is 0.500. The Balaban J connectivity index is 1.55. The average Bonchev–Trinajstić information content (AvgIpc) is 2.75. The van der Waals surface area contributed by atoms with E-state index in [1.165, 1.54) is 6.42 Å². The Kier molecular flexibility index (Phi) is 7.81. The van der Waals surface area contributed by atoms with Crippen LogP contribution >= 0.6 is 0 Å². The van der Waals surface area contributed by atoms with Gasteiger partial charge in [-0.3, -0.25) is 4.79 Å². The molecule has 1 fully saturated rings. The number of piperidine rings is 1. The fourth-order valence-corrected chi connectivity index (χ4v) is 3.19. The molecule has 0 aliphatic carbocycles. The summed E-state index contributed by atoms with van der Waals surface area (Å²) in [5.74, 6) is 1.80. The number of nitrogens with one attached hydrogen (secondary N) is 1. The molecule has 7 nitrogen and oxygen atoms in total. The number of hydrogen-bond acceptors (Lipinski definition) is 6. The minimum atomic E-state index is -0.102. The molecule has 0 atom stereocenters. The van der Waals surface area contributed by atoms with Gasteiger partial charge in [0, 0.05) is 44.2 Å². The van der Waals surface area contributed by atoms with Crippen LogP contribution in [0.3, 0.4) is 0 Å². The lowest BCUT2D eigenvalue weighted by molar-refractivity contribution is 0.0757. The van der Waals surface area contributed by atoms with Gasteiger partial charge in [0.2, 0.25) is 0 Å². The zero-order valence-corrected chi connectivity index (χ0v) is 17.3. The number of rotatable bonds is 9. The number of nitrogens with zero attached hydrogens (tertiary/aromatic N) is 3. The second-order valence-electron chi connectivity index (χ2n) is 7.39. The lowest BCUT2D eigenvalue weighted by atomic mass is 10.1. The van der Waals surface area contributed by atoms with Crippen molar-refractivity contribution in [1.29, 1.82) is 0 Å². The van der Waals surface area contributed by atoms with Gasteiger partial charge in [0.15, 0.2) is 5.82 Å². The van der Waals surface area contributed by atoms with Crippen LogP contribution < -0.4 is 15.0 Å². The molecule has 0 spiro atoms. The quantitative estimate of drug-likeness (QED) is 0.648. The van der Waals surface area contributed by atoms with Crippen molar-refractivity contribution in [2.45, 2.75) is 45.6 Å². The highest BCUT2D eigenvalue weighted by Crippen LogP contribution is 2.29. The molecule has 7 heteroatoms. The molecule has 0 saturated carbocycles. The SMILES string of the molecule is CC(C)OCCCNC(=O)c1ccc(Oc2nccnc2N2CCCCC2)cc1. The third-order valence-electron chi connectivity index (χ3n) is 4.69. The number of hydrogen-bond donors (Lipinski definition) is 1. The van der Waals surface area contributed by atoms with E-state index in [1.54, 1.807) is 36.7 Å². The molecule has 1 aliphatic rings. The first-order valence-electron chi connectivity index (χ1n) is 10.4. The van der Waals surface area contributed by atoms with Crippen LogP contribution in [0.2, 0.25) is 0 Å². The van der Waals surface area contributed by atoms with Gasteiger partial charge in [-0.05, 0) is 63.8 Å². The molecule has 0 radical (unpaired) electrons. The topological polar surface area (TPSA) is 76.6 Å². The molecule has 3 rings (SSSR count). The van der Waals surface area contributed by atoms with Gasteiger partial charge in [-0.25, -0.2) is 9.97 Å². The number of carbonyl (C=O) groups is 1. The molecule has 1 aliphatic heterocycles. The highest BCUT2D eigenvalue weighted by atomic mass is 16.5. The van der Waals surface area contributed by atoms with Crippen LogP contribution in [0.15, 0.2) is 36.7 Å². The molecule has 1 aromatic carbocycles. The van der Waals surface area contributed by atoms with Crippen molar-refractivity contribution in [3.05, 3.63) is 42.2 Å². The van der Waals surface area contributed by atoms with Crippen molar-refractivity contribution in [3.63, 3.8) is 0 Å². The second-order valence-corrected chi connectivity index (χ2v) is 7.39. The van der Waals surface area contributed by atoms with E-state index < -0.39 is 0 Å². The minimum absolute atomic E-state index is 0.102. The Labute approximate surface area is 172 Å². The summed E-state index contributed by atoms with van der Waals surface area (Å²) >= 11 is 0. The molecule has 1 aromatic heterocycles. The summed E-state index contributed by atoms with van der Waals surface area (Å²) in [5.41, 5.74) is 0.595. The second kappa shape index (κ2) is 10.8. The number of ether oxygens (including phenoxy) is 2. The van der Waals surface area contributed by atoms with E-state index in [2.05, 4.69) is 20.2 Å². The third kappa shape index (κ3) is 6.42. The summed E-state index contributed by atoms with van der Waals surface area (Å²) in [5, 5.41) is 2.91. The zero-order chi connectivity index (χ0) is 20.5. The largest absolute Gasteiger partial charge is 0.436 e. The van der Waals surface area contributed by atoms with Crippen LogP contribution in [0.1, 0.15) is 49.9 Å². The molecule has 156 valence electrons. The predicted molar refractivity (Wildman–Crippen MR) is 113 cm³/mol. The van der Waals surface area contributed by atoms with Gasteiger partial charge in [-0.15, -0.1) is 0 Å². The van der Waals surface area contributed by atoms with Crippen LogP contribution in [0, 0.1) is 0 Å². The number of aromatic nitrogens is 2. The molecule has 29 heavy (non-hydrogen) atoms. The molecule has 1 amide bonds. The van der Waals surface area contributed by atoms with Gasteiger partial charge < -0.3 is 19.7 Å². The zero-order valence-electron chi connectivity index (χ0n) is 17.3. The number of carbonyl (C=O) groups excluding carboxylic acids is 1. The van der Waals surface area contributed by atoms with Gasteiger partial charge >= 0.3 is 0 Å². The lowest BCUT2D eigenvalue weighted by Crippen LogP contribution is -2.30. The third-order valence-corrected chi connectivity index (χ3v) is 4.69. The van der Waals surface area contributed by atoms with Crippen LogP contribution in [0.5, 0.6) is 11.6 Å². The molecule has 0 bridgehead atoms. The van der Waals surface area contributed by atoms with Crippen molar-refractivity contribution in [3.8, 4) is 11.6 Å². The Morgan fingerprint density at radius 3 is 2.55 bits per heavy atom.